The number of imidazole rings is 1. The molecule has 0 aliphatic heterocycles. The van der Waals surface area contributed by atoms with Gasteiger partial charge in [0.05, 0.1) is 11.3 Å². The highest BCUT2D eigenvalue weighted by Crippen LogP contribution is 2.25. The number of benzene rings is 1. The Morgan fingerprint density at radius 3 is 2.67 bits per heavy atom. The van der Waals surface area contributed by atoms with E-state index in [4.69, 9.17) is 5.73 Å². The molecule has 3 N–H and O–H groups in total. The molecule has 0 saturated heterocycles. The fourth-order valence-corrected chi connectivity index (χ4v) is 4.09. The molecule has 3 rings (SSSR count). The molecule has 27 heavy (non-hydrogen) atoms. The number of thiophene rings is 1. The van der Waals surface area contributed by atoms with Gasteiger partial charge >= 0.3 is 0 Å². The van der Waals surface area contributed by atoms with Gasteiger partial charge in [-0.05, 0) is 35.1 Å². The largest absolute Gasteiger partial charge is 0.366 e. The Hall–Kier alpha value is -2.58. The van der Waals surface area contributed by atoms with E-state index in [0.29, 0.717) is 16.5 Å². The van der Waals surface area contributed by atoms with Crippen LogP contribution in [0.3, 0.4) is 0 Å². The van der Waals surface area contributed by atoms with Gasteiger partial charge in [-0.2, -0.15) is 0 Å². The maximum Gasteiger partial charge on any atom is 0.251 e. The van der Waals surface area contributed by atoms with Gasteiger partial charge < -0.3 is 11.1 Å². The lowest BCUT2D eigenvalue weighted by Gasteiger charge is -2.10. The van der Waals surface area contributed by atoms with Gasteiger partial charge in [0, 0.05) is 18.1 Å². The zero-order valence-corrected chi connectivity index (χ0v) is 16.6. The van der Waals surface area contributed by atoms with E-state index in [2.05, 4.69) is 36.3 Å². The van der Waals surface area contributed by atoms with Crippen molar-refractivity contribution in [3.05, 3.63) is 59.2 Å². The Labute approximate surface area is 165 Å². The van der Waals surface area contributed by atoms with Crippen molar-refractivity contribution < 1.29 is 9.59 Å². The monoisotopic (exact) mass is 400 g/mol. The molecule has 8 heteroatoms. The number of carbonyl (C=O) groups excluding carboxylic acids is 2. The summed E-state index contributed by atoms with van der Waals surface area (Å²) in [5.41, 5.74) is 7.89. The van der Waals surface area contributed by atoms with Crippen LogP contribution < -0.4 is 11.1 Å². The normalized spacial score (nSPS) is 10.9. The van der Waals surface area contributed by atoms with Crippen molar-refractivity contribution in [3.8, 4) is 5.69 Å². The van der Waals surface area contributed by atoms with Crippen LogP contribution in [0.5, 0.6) is 0 Å². The predicted octanol–water partition coefficient (Wildman–Crippen LogP) is 3.89. The van der Waals surface area contributed by atoms with Crippen LogP contribution in [0.2, 0.25) is 0 Å². The fourth-order valence-electron chi connectivity index (χ4n) is 2.51. The van der Waals surface area contributed by atoms with Crippen molar-refractivity contribution >= 4 is 39.9 Å². The zero-order chi connectivity index (χ0) is 19.4. The quantitative estimate of drug-likeness (QED) is 0.589. The number of nitrogens with one attached hydrogen (secondary N) is 1. The molecule has 0 aliphatic rings. The number of rotatable bonds is 7. The lowest BCUT2D eigenvalue weighted by atomic mass is 10.0. The summed E-state index contributed by atoms with van der Waals surface area (Å²) in [4.78, 5) is 27.9. The minimum atomic E-state index is -0.556. The first-order chi connectivity index (χ1) is 13.0. The van der Waals surface area contributed by atoms with Crippen LogP contribution in [0.15, 0.2) is 53.3 Å². The maximum absolute atomic E-state index is 12.2. The molecule has 2 heterocycles. The predicted molar refractivity (Wildman–Crippen MR) is 110 cm³/mol. The number of hydrogen-bond donors (Lipinski definition) is 2. The average molecular weight is 401 g/mol. The fraction of sp³-hybridized carbons (Fsp3) is 0.211. The van der Waals surface area contributed by atoms with Crippen molar-refractivity contribution in [2.45, 2.75) is 24.9 Å². The molecule has 0 fully saturated rings. The first kappa shape index (κ1) is 19.2. The summed E-state index contributed by atoms with van der Waals surface area (Å²) in [5, 5.41) is 5.65. The molecule has 0 unspecified atom stereocenters. The summed E-state index contributed by atoms with van der Waals surface area (Å²) in [5.74, 6) is -0.117. The smallest absolute Gasteiger partial charge is 0.251 e. The van der Waals surface area contributed by atoms with E-state index in [1.807, 2.05) is 22.9 Å². The van der Waals surface area contributed by atoms with E-state index in [1.54, 1.807) is 17.6 Å². The van der Waals surface area contributed by atoms with Gasteiger partial charge in [0.15, 0.2) is 5.16 Å². The Balaban J connectivity index is 1.65. The average Bonchev–Trinajstić information content (AvgIpc) is 3.29. The maximum atomic E-state index is 12.2. The number of amides is 2. The van der Waals surface area contributed by atoms with Crippen molar-refractivity contribution in [2.75, 3.05) is 11.1 Å². The van der Waals surface area contributed by atoms with Crippen molar-refractivity contribution in [3.63, 3.8) is 0 Å². The molecule has 3 aromatic rings. The van der Waals surface area contributed by atoms with Crippen molar-refractivity contribution in [1.29, 1.82) is 0 Å². The second-order valence-electron chi connectivity index (χ2n) is 6.19. The summed E-state index contributed by atoms with van der Waals surface area (Å²) in [6, 6.07) is 9.90. The summed E-state index contributed by atoms with van der Waals surface area (Å²) in [6.07, 6.45) is 3.58. The third-order valence-electron chi connectivity index (χ3n) is 3.96. The lowest BCUT2D eigenvalue weighted by Crippen LogP contribution is -2.18. The number of nitrogens with two attached hydrogens (primary N) is 1. The molecular formula is C19H20N4O2S2. The van der Waals surface area contributed by atoms with Crippen LogP contribution in [0.4, 0.5) is 5.00 Å². The highest BCUT2D eigenvalue weighted by atomic mass is 32.2. The SMILES string of the molecule is CC(C)c1ccc(-n2ccnc2SCC(=O)Nc2sccc2C(N)=O)cc1. The molecule has 0 aliphatic carbocycles. The van der Waals surface area contributed by atoms with E-state index < -0.39 is 5.91 Å². The zero-order valence-electron chi connectivity index (χ0n) is 15.0. The van der Waals surface area contributed by atoms with Gasteiger partial charge in [0.1, 0.15) is 5.00 Å². The van der Waals surface area contributed by atoms with Crippen LogP contribution in [0.1, 0.15) is 35.7 Å². The molecule has 6 nitrogen and oxygen atoms in total. The minimum absolute atomic E-state index is 0.178. The molecule has 0 saturated carbocycles. The first-order valence-electron chi connectivity index (χ1n) is 8.39. The molecule has 2 aromatic heterocycles. The van der Waals surface area contributed by atoms with Crippen molar-refractivity contribution in [1.82, 2.24) is 9.55 Å². The van der Waals surface area contributed by atoms with Crippen LogP contribution in [0, 0.1) is 0 Å². The molecule has 1 aromatic carbocycles. The molecule has 0 bridgehead atoms. The summed E-state index contributed by atoms with van der Waals surface area (Å²) in [7, 11) is 0. The van der Waals surface area contributed by atoms with Gasteiger partial charge in [0.25, 0.3) is 5.91 Å². The van der Waals surface area contributed by atoms with Crippen LogP contribution in [-0.4, -0.2) is 27.1 Å². The van der Waals surface area contributed by atoms with Crippen LogP contribution in [0.25, 0.3) is 5.69 Å². The molecule has 2 amide bonds. The summed E-state index contributed by atoms with van der Waals surface area (Å²) >= 11 is 2.60. The molecule has 0 radical (unpaired) electrons. The van der Waals surface area contributed by atoms with Crippen LogP contribution in [-0.2, 0) is 4.79 Å². The van der Waals surface area contributed by atoms with Crippen LogP contribution >= 0.6 is 23.1 Å². The third-order valence-corrected chi connectivity index (χ3v) is 5.76. The van der Waals surface area contributed by atoms with Crippen molar-refractivity contribution in [2.24, 2.45) is 5.73 Å². The highest BCUT2D eigenvalue weighted by molar-refractivity contribution is 7.99. The standard InChI is InChI=1S/C19H20N4O2S2/c1-12(2)13-3-5-14(6-4-13)23-9-8-21-19(23)27-11-16(24)22-18-15(17(20)25)7-10-26-18/h3-10,12H,11H2,1-2H3,(H2,20,25)(H,22,24). The van der Waals surface area contributed by atoms with E-state index in [9.17, 15) is 9.59 Å². The van der Waals surface area contributed by atoms with E-state index in [-0.39, 0.29) is 11.7 Å². The van der Waals surface area contributed by atoms with Gasteiger partial charge in [-0.1, -0.05) is 37.7 Å². The van der Waals surface area contributed by atoms with Gasteiger partial charge in [-0.3, -0.25) is 14.2 Å². The Bertz CT molecular complexity index is 945. The Morgan fingerprint density at radius 1 is 1.26 bits per heavy atom. The highest BCUT2D eigenvalue weighted by Gasteiger charge is 2.14. The molecule has 0 atom stereocenters. The summed E-state index contributed by atoms with van der Waals surface area (Å²) in [6.45, 7) is 4.31. The topological polar surface area (TPSA) is 90.0 Å². The first-order valence-corrected chi connectivity index (χ1v) is 10.3. The minimum Gasteiger partial charge on any atom is -0.366 e. The number of carbonyl (C=O) groups is 2. The molecule has 140 valence electrons. The second-order valence-corrected chi connectivity index (χ2v) is 8.05. The number of primary amides is 1. The Morgan fingerprint density at radius 2 is 2.00 bits per heavy atom. The number of hydrogen-bond acceptors (Lipinski definition) is 5. The third kappa shape index (κ3) is 4.58. The van der Waals surface area contributed by atoms with Gasteiger partial charge in [-0.15, -0.1) is 11.3 Å². The number of anilines is 1. The second kappa shape index (κ2) is 8.41. The van der Waals surface area contributed by atoms with Gasteiger partial charge in [0.2, 0.25) is 5.91 Å². The number of aromatic nitrogens is 2. The van der Waals surface area contributed by atoms with E-state index in [0.717, 1.165) is 10.8 Å². The number of nitrogens with zero attached hydrogens (tertiary/aromatic N) is 2. The van der Waals surface area contributed by atoms with E-state index in [1.165, 1.54) is 28.7 Å². The number of thioether (sulfide) groups is 1. The molecular weight excluding hydrogens is 380 g/mol. The van der Waals surface area contributed by atoms with Gasteiger partial charge in [-0.25, -0.2) is 4.98 Å². The molecule has 0 spiro atoms. The lowest BCUT2D eigenvalue weighted by molar-refractivity contribution is -0.113. The summed E-state index contributed by atoms with van der Waals surface area (Å²) < 4.78 is 1.95. The van der Waals surface area contributed by atoms with E-state index >= 15 is 0 Å². The Kier molecular flexibility index (Phi) is 5.98.